The molecular formula is C12H18N2OS. The summed E-state index contributed by atoms with van der Waals surface area (Å²) >= 11 is 1.72. The summed E-state index contributed by atoms with van der Waals surface area (Å²) in [6.45, 7) is 8.56. The Bertz CT molecular complexity index is 360. The molecule has 4 heteroatoms. The Kier molecular flexibility index (Phi) is 5.22. The summed E-state index contributed by atoms with van der Waals surface area (Å²) in [5.74, 6) is 0.000888. The van der Waals surface area contributed by atoms with E-state index in [-0.39, 0.29) is 11.9 Å². The van der Waals surface area contributed by atoms with Crippen LogP contribution in [0.4, 0.5) is 0 Å². The van der Waals surface area contributed by atoms with Crippen LogP contribution in [0, 0.1) is 6.92 Å². The van der Waals surface area contributed by atoms with E-state index in [1.54, 1.807) is 17.4 Å². The fourth-order valence-corrected chi connectivity index (χ4v) is 2.38. The summed E-state index contributed by atoms with van der Waals surface area (Å²) in [6, 6.07) is 2.31. The normalized spacial score (nSPS) is 12.1. The van der Waals surface area contributed by atoms with Gasteiger partial charge in [0.15, 0.2) is 0 Å². The van der Waals surface area contributed by atoms with E-state index in [1.165, 1.54) is 10.4 Å². The minimum Gasteiger partial charge on any atom is -0.352 e. The number of nitrogens with one attached hydrogen (secondary N) is 2. The van der Waals surface area contributed by atoms with E-state index in [1.807, 2.05) is 0 Å². The van der Waals surface area contributed by atoms with Gasteiger partial charge in [-0.3, -0.25) is 4.79 Å². The van der Waals surface area contributed by atoms with Crippen molar-refractivity contribution in [3.8, 4) is 0 Å². The molecule has 1 atom stereocenters. The molecule has 2 N–H and O–H groups in total. The molecule has 1 aromatic rings. The molecule has 3 nitrogen and oxygen atoms in total. The molecule has 1 rings (SSSR count). The van der Waals surface area contributed by atoms with Crippen LogP contribution < -0.4 is 10.6 Å². The van der Waals surface area contributed by atoms with Gasteiger partial charge in [-0.05, 0) is 30.9 Å². The van der Waals surface area contributed by atoms with Crippen molar-refractivity contribution in [2.45, 2.75) is 19.9 Å². The molecule has 0 aliphatic rings. The third-order valence-corrected chi connectivity index (χ3v) is 3.51. The molecule has 0 saturated heterocycles. The van der Waals surface area contributed by atoms with Gasteiger partial charge in [0.1, 0.15) is 0 Å². The van der Waals surface area contributed by atoms with E-state index in [9.17, 15) is 4.79 Å². The summed E-state index contributed by atoms with van der Waals surface area (Å²) in [4.78, 5) is 12.6. The highest BCUT2D eigenvalue weighted by molar-refractivity contribution is 7.10. The molecule has 1 unspecified atom stereocenters. The molecule has 0 spiro atoms. The monoisotopic (exact) mass is 238 g/mol. The number of aryl methyl sites for hydroxylation is 1. The van der Waals surface area contributed by atoms with Crippen LogP contribution in [0.2, 0.25) is 0 Å². The Hall–Kier alpha value is -1.13. The SMILES string of the molecule is C=CCNC(=O)CNC(C)c1sccc1C. The highest BCUT2D eigenvalue weighted by Gasteiger charge is 2.10. The van der Waals surface area contributed by atoms with E-state index >= 15 is 0 Å². The van der Waals surface area contributed by atoms with Crippen molar-refractivity contribution < 1.29 is 4.79 Å². The zero-order valence-electron chi connectivity index (χ0n) is 9.75. The third kappa shape index (κ3) is 3.79. The number of hydrogen-bond acceptors (Lipinski definition) is 3. The first kappa shape index (κ1) is 12.9. The standard InChI is InChI=1S/C12H18N2OS/c1-4-6-13-11(15)8-14-10(3)12-9(2)5-7-16-12/h4-5,7,10,14H,1,6,8H2,2-3H3,(H,13,15). The lowest BCUT2D eigenvalue weighted by molar-refractivity contribution is -0.120. The van der Waals surface area contributed by atoms with Gasteiger partial charge < -0.3 is 10.6 Å². The molecule has 0 fully saturated rings. The zero-order valence-corrected chi connectivity index (χ0v) is 10.6. The van der Waals surface area contributed by atoms with Gasteiger partial charge in [0, 0.05) is 17.5 Å². The third-order valence-electron chi connectivity index (χ3n) is 2.31. The molecule has 0 bridgehead atoms. The van der Waals surface area contributed by atoms with Gasteiger partial charge >= 0.3 is 0 Å². The number of carbonyl (C=O) groups excluding carboxylic acids is 1. The second-order valence-corrected chi connectivity index (χ2v) is 4.61. The van der Waals surface area contributed by atoms with Crippen LogP contribution >= 0.6 is 11.3 Å². The fourth-order valence-electron chi connectivity index (χ4n) is 1.42. The van der Waals surface area contributed by atoms with Gasteiger partial charge in [0.2, 0.25) is 5.91 Å². The number of carbonyl (C=O) groups is 1. The van der Waals surface area contributed by atoms with Gasteiger partial charge in [-0.1, -0.05) is 6.08 Å². The van der Waals surface area contributed by atoms with E-state index in [0.717, 1.165) is 0 Å². The minimum absolute atomic E-state index is 0.000888. The first-order valence-electron chi connectivity index (χ1n) is 5.30. The summed E-state index contributed by atoms with van der Waals surface area (Å²) in [7, 11) is 0. The van der Waals surface area contributed by atoms with Crippen molar-refractivity contribution in [2.75, 3.05) is 13.1 Å². The highest BCUT2D eigenvalue weighted by Crippen LogP contribution is 2.22. The molecule has 0 radical (unpaired) electrons. The Labute approximate surface area is 101 Å². The van der Waals surface area contributed by atoms with Crippen molar-refractivity contribution in [3.63, 3.8) is 0 Å². The number of hydrogen-bond donors (Lipinski definition) is 2. The van der Waals surface area contributed by atoms with E-state index < -0.39 is 0 Å². The largest absolute Gasteiger partial charge is 0.352 e. The molecule has 1 amide bonds. The number of thiophene rings is 1. The average Bonchev–Trinajstić information content (AvgIpc) is 2.69. The summed E-state index contributed by atoms with van der Waals surface area (Å²) in [5.41, 5.74) is 1.27. The second-order valence-electron chi connectivity index (χ2n) is 3.66. The van der Waals surface area contributed by atoms with Crippen LogP contribution in [0.3, 0.4) is 0 Å². The van der Waals surface area contributed by atoms with Crippen LogP contribution in [0.25, 0.3) is 0 Å². The van der Waals surface area contributed by atoms with E-state index in [2.05, 4.69) is 42.5 Å². The predicted molar refractivity (Wildman–Crippen MR) is 68.7 cm³/mol. The molecule has 88 valence electrons. The molecule has 0 aliphatic heterocycles. The summed E-state index contributed by atoms with van der Waals surface area (Å²) in [6.07, 6.45) is 1.67. The van der Waals surface area contributed by atoms with Crippen LogP contribution in [-0.4, -0.2) is 19.0 Å². The molecule has 1 aromatic heterocycles. The number of amides is 1. The lowest BCUT2D eigenvalue weighted by Crippen LogP contribution is -2.34. The van der Waals surface area contributed by atoms with Crippen LogP contribution in [0.1, 0.15) is 23.4 Å². The topological polar surface area (TPSA) is 41.1 Å². The quantitative estimate of drug-likeness (QED) is 0.744. The van der Waals surface area contributed by atoms with Crippen molar-refractivity contribution >= 4 is 17.2 Å². The average molecular weight is 238 g/mol. The van der Waals surface area contributed by atoms with Gasteiger partial charge in [-0.2, -0.15) is 0 Å². The minimum atomic E-state index is 0.000888. The second kappa shape index (κ2) is 6.45. The molecule has 0 saturated carbocycles. The fraction of sp³-hybridized carbons (Fsp3) is 0.417. The van der Waals surface area contributed by atoms with Crippen LogP contribution in [0.5, 0.6) is 0 Å². The van der Waals surface area contributed by atoms with Gasteiger partial charge in [-0.15, -0.1) is 17.9 Å². The highest BCUT2D eigenvalue weighted by atomic mass is 32.1. The van der Waals surface area contributed by atoms with E-state index in [0.29, 0.717) is 13.1 Å². The molecule has 0 aromatic carbocycles. The Morgan fingerprint density at radius 1 is 1.69 bits per heavy atom. The smallest absolute Gasteiger partial charge is 0.234 e. The van der Waals surface area contributed by atoms with E-state index in [4.69, 9.17) is 0 Å². The predicted octanol–water partition coefficient (Wildman–Crippen LogP) is 2.01. The zero-order chi connectivity index (χ0) is 12.0. The lowest BCUT2D eigenvalue weighted by Gasteiger charge is -2.13. The number of rotatable bonds is 6. The van der Waals surface area contributed by atoms with Crippen molar-refractivity contribution in [2.24, 2.45) is 0 Å². The maximum Gasteiger partial charge on any atom is 0.234 e. The molecular weight excluding hydrogens is 220 g/mol. The van der Waals surface area contributed by atoms with Gasteiger partial charge in [0.05, 0.1) is 6.54 Å². The Balaban J connectivity index is 2.35. The lowest BCUT2D eigenvalue weighted by atomic mass is 10.2. The molecule has 1 heterocycles. The van der Waals surface area contributed by atoms with Crippen molar-refractivity contribution in [3.05, 3.63) is 34.5 Å². The maximum atomic E-state index is 11.3. The van der Waals surface area contributed by atoms with Crippen LogP contribution in [0.15, 0.2) is 24.1 Å². The van der Waals surface area contributed by atoms with Crippen molar-refractivity contribution in [1.29, 1.82) is 0 Å². The summed E-state index contributed by atoms with van der Waals surface area (Å²) < 4.78 is 0. The first-order valence-corrected chi connectivity index (χ1v) is 6.18. The Morgan fingerprint density at radius 3 is 3.00 bits per heavy atom. The van der Waals surface area contributed by atoms with Gasteiger partial charge in [0.25, 0.3) is 0 Å². The molecule has 0 aliphatic carbocycles. The van der Waals surface area contributed by atoms with Crippen molar-refractivity contribution in [1.82, 2.24) is 10.6 Å². The first-order chi connectivity index (χ1) is 7.65. The summed E-state index contributed by atoms with van der Waals surface area (Å²) in [5, 5.41) is 8.00. The Morgan fingerprint density at radius 2 is 2.44 bits per heavy atom. The van der Waals surface area contributed by atoms with Gasteiger partial charge in [-0.25, -0.2) is 0 Å². The van der Waals surface area contributed by atoms with Crippen LogP contribution in [-0.2, 0) is 4.79 Å². The maximum absolute atomic E-state index is 11.3. The molecule has 16 heavy (non-hydrogen) atoms.